The first-order valence-corrected chi connectivity index (χ1v) is 19.1. The maximum absolute atomic E-state index is 12.3. The highest BCUT2D eigenvalue weighted by Crippen LogP contribution is 2.29. The van der Waals surface area contributed by atoms with Crippen LogP contribution in [0.15, 0.2) is 46.2 Å². The van der Waals surface area contributed by atoms with Crippen molar-refractivity contribution in [3.05, 3.63) is 57.6 Å². The Morgan fingerprint density at radius 1 is 0.580 bits per heavy atom. The van der Waals surface area contributed by atoms with Crippen LogP contribution in [0.2, 0.25) is 10.0 Å². The summed E-state index contributed by atoms with van der Waals surface area (Å²) in [5.41, 5.74) is 8.94. The third kappa shape index (κ3) is 13.3. The Labute approximate surface area is 299 Å². The van der Waals surface area contributed by atoms with Crippen molar-refractivity contribution in [3.8, 4) is 0 Å². The zero-order valence-electron chi connectivity index (χ0n) is 27.5. The van der Waals surface area contributed by atoms with E-state index in [4.69, 9.17) is 23.2 Å². The van der Waals surface area contributed by atoms with Crippen LogP contribution in [0.3, 0.4) is 0 Å². The van der Waals surface area contributed by atoms with Crippen molar-refractivity contribution in [1.29, 1.82) is 0 Å². The third-order valence-corrected chi connectivity index (χ3v) is 9.62. The van der Waals surface area contributed by atoms with Gasteiger partial charge in [-0.3, -0.25) is 38.4 Å². The molecule has 0 unspecified atom stereocenters. The Kier molecular flexibility index (Phi) is 16.5. The van der Waals surface area contributed by atoms with Crippen LogP contribution in [0.25, 0.3) is 0 Å². The van der Waals surface area contributed by atoms with Crippen LogP contribution in [-0.4, -0.2) is 75.9 Å². The van der Waals surface area contributed by atoms with E-state index >= 15 is 0 Å². The summed E-state index contributed by atoms with van der Waals surface area (Å²) in [5, 5.41) is -0.150. The minimum absolute atomic E-state index is 0.00216. The lowest BCUT2D eigenvalue weighted by molar-refractivity contribution is -0.135. The third-order valence-electron chi connectivity index (χ3n) is 6.77. The van der Waals surface area contributed by atoms with Crippen molar-refractivity contribution in [1.82, 2.24) is 0 Å². The minimum Gasteiger partial charge on any atom is -0.370 e. The number of primary amides is 2. The van der Waals surface area contributed by atoms with Gasteiger partial charge in [-0.25, -0.2) is 16.8 Å². The zero-order valence-corrected chi connectivity index (χ0v) is 30.6. The van der Waals surface area contributed by atoms with Crippen molar-refractivity contribution in [2.75, 3.05) is 12.5 Å². The van der Waals surface area contributed by atoms with Gasteiger partial charge in [-0.15, -0.1) is 0 Å². The number of ketones is 6. The smallest absolute Gasteiger partial charge is 0.214 e. The second-order valence-corrected chi connectivity index (χ2v) is 16.1. The number of rotatable bonds is 6. The van der Waals surface area contributed by atoms with Gasteiger partial charge in [-0.05, 0) is 49.2 Å². The molecule has 2 aliphatic rings. The zero-order chi connectivity index (χ0) is 38.7. The topological polar surface area (TPSA) is 257 Å². The van der Waals surface area contributed by atoms with Crippen LogP contribution >= 0.6 is 23.2 Å². The molecule has 0 aliphatic heterocycles. The predicted molar refractivity (Wildman–Crippen MR) is 182 cm³/mol. The molecule has 0 spiro atoms. The van der Waals surface area contributed by atoms with E-state index in [1.807, 2.05) is 0 Å². The SMILES string of the molecule is CC(N)=O.CC(N)=O.CS(=O)(=O)c1ccc(C(=O)C2C(=O)CCCC2=O)c(Cl)c1.CS(=O)(=O)c1ccc(C(=O)C2C(=O)CCCC2=O)c(Cl)c1. The maximum Gasteiger partial charge on any atom is 0.214 e. The number of hydrogen-bond donors (Lipinski definition) is 2. The van der Waals surface area contributed by atoms with Gasteiger partial charge in [0.15, 0.2) is 54.4 Å². The van der Waals surface area contributed by atoms with Crippen LogP contribution < -0.4 is 11.5 Å². The van der Waals surface area contributed by atoms with Crippen LogP contribution in [0.1, 0.15) is 73.1 Å². The number of sulfone groups is 2. The molecule has 2 saturated carbocycles. The fourth-order valence-electron chi connectivity index (χ4n) is 4.56. The highest BCUT2D eigenvalue weighted by atomic mass is 35.5. The van der Waals surface area contributed by atoms with Crippen molar-refractivity contribution in [2.45, 2.75) is 62.2 Å². The van der Waals surface area contributed by atoms with Gasteiger partial charge < -0.3 is 11.5 Å². The summed E-state index contributed by atoms with van der Waals surface area (Å²) in [6, 6.07) is 7.29. The predicted octanol–water partition coefficient (Wildman–Crippen LogP) is 2.71. The standard InChI is InChI=1S/2C14H13ClO5S.2C2H5NO/c2*1-21(19,20)8-5-6-9(10(15)7-8)14(18)13-11(16)3-2-4-12(13)17;2*1-2(3)4/h2*5-7,13H,2-4H2,1H3;2*1H3,(H2,3,4). The van der Waals surface area contributed by atoms with E-state index in [1.165, 1.54) is 38.1 Å². The molecule has 2 aliphatic carbocycles. The lowest BCUT2D eigenvalue weighted by Crippen LogP contribution is -2.35. The maximum atomic E-state index is 12.3. The molecule has 2 aromatic rings. The van der Waals surface area contributed by atoms with Gasteiger partial charge in [0.2, 0.25) is 11.8 Å². The summed E-state index contributed by atoms with van der Waals surface area (Å²) in [6.07, 6.45) is 3.75. The summed E-state index contributed by atoms with van der Waals surface area (Å²) < 4.78 is 45.7. The normalized spacial score (nSPS) is 15.3. The van der Waals surface area contributed by atoms with Crippen molar-refractivity contribution in [2.24, 2.45) is 23.3 Å². The first-order chi connectivity index (χ1) is 22.9. The molecule has 4 rings (SSSR count). The van der Waals surface area contributed by atoms with E-state index in [-0.39, 0.29) is 68.5 Å². The Morgan fingerprint density at radius 2 is 0.820 bits per heavy atom. The lowest BCUT2D eigenvalue weighted by Gasteiger charge is -2.18. The van der Waals surface area contributed by atoms with Gasteiger partial charge in [-0.2, -0.15) is 0 Å². The molecular weight excluding hydrogens is 739 g/mol. The number of benzene rings is 2. The molecule has 4 N–H and O–H groups in total. The molecule has 2 amide bonds. The second kappa shape index (κ2) is 18.8. The number of carbonyl (C=O) groups is 8. The summed E-state index contributed by atoms with van der Waals surface area (Å²) in [5.74, 6) is -6.21. The molecule has 2 aromatic carbocycles. The highest BCUT2D eigenvalue weighted by Gasteiger charge is 2.38. The molecular formula is C32H36Cl2N2O12S2. The number of Topliss-reactive ketones (excluding diaryl/α,β-unsaturated/α-hetero) is 6. The lowest BCUT2D eigenvalue weighted by atomic mass is 9.82. The van der Waals surface area contributed by atoms with E-state index < -0.39 is 66.2 Å². The van der Waals surface area contributed by atoms with Crippen molar-refractivity contribution in [3.63, 3.8) is 0 Å². The summed E-state index contributed by atoms with van der Waals surface area (Å²) >= 11 is 11.9. The Bertz CT molecular complexity index is 1760. The number of amides is 2. The van der Waals surface area contributed by atoms with Gasteiger partial charge in [0.1, 0.15) is 11.8 Å². The molecule has 0 saturated heterocycles. The van der Waals surface area contributed by atoms with E-state index in [2.05, 4.69) is 11.5 Å². The molecule has 0 radical (unpaired) electrons. The summed E-state index contributed by atoms with van der Waals surface area (Å²) in [4.78, 5) is 90.2. The molecule has 0 atom stereocenters. The average Bonchev–Trinajstić information content (AvgIpc) is 2.95. The van der Waals surface area contributed by atoms with Crippen LogP contribution in [0, 0.1) is 11.8 Å². The largest absolute Gasteiger partial charge is 0.370 e. The number of hydrogen-bond acceptors (Lipinski definition) is 12. The first-order valence-electron chi connectivity index (χ1n) is 14.6. The van der Waals surface area contributed by atoms with E-state index in [9.17, 15) is 55.2 Å². The molecule has 0 heterocycles. The van der Waals surface area contributed by atoms with Gasteiger partial charge >= 0.3 is 0 Å². The van der Waals surface area contributed by atoms with E-state index in [1.54, 1.807) is 0 Å². The molecule has 14 nitrogen and oxygen atoms in total. The van der Waals surface area contributed by atoms with Gasteiger partial charge in [0.25, 0.3) is 0 Å². The Balaban J connectivity index is 0.000000412. The molecule has 0 bridgehead atoms. The van der Waals surface area contributed by atoms with Gasteiger partial charge in [0.05, 0.1) is 19.8 Å². The van der Waals surface area contributed by atoms with Gasteiger partial charge in [-0.1, -0.05) is 23.2 Å². The molecule has 18 heteroatoms. The first kappa shape index (κ1) is 43.9. The second-order valence-electron chi connectivity index (χ2n) is 11.2. The minimum atomic E-state index is -3.44. The Morgan fingerprint density at radius 3 is 1.02 bits per heavy atom. The van der Waals surface area contributed by atoms with E-state index in [0.717, 1.165) is 24.6 Å². The van der Waals surface area contributed by atoms with Crippen LogP contribution in [0.5, 0.6) is 0 Å². The number of nitrogens with two attached hydrogens (primary N) is 2. The van der Waals surface area contributed by atoms with Gasteiger partial charge in [0, 0.05) is 63.2 Å². The monoisotopic (exact) mass is 774 g/mol. The van der Waals surface area contributed by atoms with Crippen molar-refractivity contribution >= 4 is 89.4 Å². The summed E-state index contributed by atoms with van der Waals surface area (Å²) in [6.45, 7) is 2.61. The fraction of sp³-hybridized carbons (Fsp3) is 0.375. The molecule has 50 heavy (non-hydrogen) atoms. The average molecular weight is 776 g/mol. The quantitative estimate of drug-likeness (QED) is 0.317. The Hall–Kier alpha value is -4.12. The summed E-state index contributed by atoms with van der Waals surface area (Å²) in [7, 11) is -6.89. The number of halogens is 2. The van der Waals surface area contributed by atoms with Crippen LogP contribution in [-0.2, 0) is 48.4 Å². The van der Waals surface area contributed by atoms with E-state index in [0.29, 0.717) is 12.8 Å². The fourth-order valence-corrected chi connectivity index (χ4v) is 6.53. The number of carbonyl (C=O) groups excluding carboxylic acids is 8. The van der Waals surface area contributed by atoms with Crippen molar-refractivity contribution < 1.29 is 55.2 Å². The molecule has 2 fully saturated rings. The molecule has 0 aromatic heterocycles. The molecule has 272 valence electrons. The van der Waals surface area contributed by atoms with Crippen LogP contribution in [0.4, 0.5) is 0 Å². The highest BCUT2D eigenvalue weighted by molar-refractivity contribution is 7.91.